The molecule has 1 fully saturated rings. The average molecular weight is 396 g/mol. The zero-order valence-corrected chi connectivity index (χ0v) is 17.3. The molecule has 2 aromatic rings. The Morgan fingerprint density at radius 3 is 2.34 bits per heavy atom. The fourth-order valence-corrected chi connectivity index (χ4v) is 3.48. The molecule has 1 aliphatic heterocycles. The molecule has 0 aliphatic carbocycles. The molecule has 0 radical (unpaired) electrons. The van der Waals surface area contributed by atoms with Crippen molar-refractivity contribution in [3.8, 4) is 11.5 Å². The summed E-state index contributed by atoms with van der Waals surface area (Å²) in [6, 6.07) is 13.5. The van der Waals surface area contributed by atoms with Gasteiger partial charge in [0.05, 0.1) is 20.6 Å². The summed E-state index contributed by atoms with van der Waals surface area (Å²) in [6.45, 7) is 1.39. The molecule has 0 unspecified atom stereocenters. The summed E-state index contributed by atoms with van der Waals surface area (Å²) in [5.74, 6) is 1.62. The quantitative estimate of drug-likeness (QED) is 0.688. The minimum atomic E-state index is 0.0653. The molecule has 3 rings (SSSR count). The summed E-state index contributed by atoms with van der Waals surface area (Å²) in [5.41, 5.74) is 2.94. The Kier molecular flexibility index (Phi) is 6.75. The van der Waals surface area contributed by atoms with Crippen LogP contribution in [0.4, 0.5) is 5.69 Å². The highest BCUT2D eigenvalue weighted by atomic mass is 16.5. The van der Waals surface area contributed by atoms with E-state index in [4.69, 9.17) is 9.47 Å². The number of carbonyl (C=O) groups is 2. The van der Waals surface area contributed by atoms with Gasteiger partial charge in [0.15, 0.2) is 11.5 Å². The highest BCUT2D eigenvalue weighted by molar-refractivity contribution is 5.95. The van der Waals surface area contributed by atoms with Gasteiger partial charge in [0.1, 0.15) is 0 Å². The van der Waals surface area contributed by atoms with Crippen molar-refractivity contribution in [1.29, 1.82) is 0 Å². The Morgan fingerprint density at radius 1 is 1.03 bits per heavy atom. The van der Waals surface area contributed by atoms with Crippen LogP contribution in [0.5, 0.6) is 11.5 Å². The molecule has 154 valence electrons. The van der Waals surface area contributed by atoms with Crippen LogP contribution in [0.2, 0.25) is 0 Å². The van der Waals surface area contributed by atoms with Crippen LogP contribution in [0, 0.1) is 0 Å². The number of amides is 2. The third-order valence-electron chi connectivity index (χ3n) is 5.29. The molecule has 2 amide bonds. The fraction of sp³-hybridized carbons (Fsp3) is 0.391. The van der Waals surface area contributed by atoms with Crippen molar-refractivity contribution in [2.75, 3.05) is 39.3 Å². The predicted molar refractivity (Wildman–Crippen MR) is 113 cm³/mol. The first-order valence-electron chi connectivity index (χ1n) is 9.86. The largest absolute Gasteiger partial charge is 0.493 e. The number of rotatable bonds is 8. The van der Waals surface area contributed by atoms with Gasteiger partial charge in [0, 0.05) is 32.2 Å². The van der Waals surface area contributed by atoms with Crippen molar-refractivity contribution >= 4 is 17.5 Å². The zero-order chi connectivity index (χ0) is 20.8. The number of hydrogen-bond donors (Lipinski definition) is 0. The van der Waals surface area contributed by atoms with Crippen LogP contribution >= 0.6 is 0 Å². The standard InChI is InChI=1S/C23H28N2O4/c1-24(14-12-18-8-11-20(28-2)21(15-18)29-3)23(27)16-17-6-9-19(10-7-17)25-13-4-5-22(25)26/h6-11,15H,4-5,12-14,16H2,1-3H3. The molecule has 6 nitrogen and oxygen atoms in total. The van der Waals surface area contributed by atoms with E-state index in [0.717, 1.165) is 36.2 Å². The van der Waals surface area contributed by atoms with E-state index >= 15 is 0 Å². The smallest absolute Gasteiger partial charge is 0.227 e. The first kappa shape index (κ1) is 20.7. The first-order valence-corrected chi connectivity index (χ1v) is 9.86. The topological polar surface area (TPSA) is 59.1 Å². The molecule has 0 saturated carbocycles. The van der Waals surface area contributed by atoms with Crippen molar-refractivity contribution in [3.63, 3.8) is 0 Å². The Hall–Kier alpha value is -3.02. The van der Waals surface area contributed by atoms with E-state index in [1.807, 2.05) is 49.5 Å². The van der Waals surface area contributed by atoms with Crippen molar-refractivity contribution in [2.45, 2.75) is 25.7 Å². The predicted octanol–water partition coefficient (Wildman–Crippen LogP) is 3.07. The normalized spacial score (nSPS) is 13.5. The number of ether oxygens (including phenoxy) is 2. The molecular weight excluding hydrogens is 368 g/mol. The second-order valence-corrected chi connectivity index (χ2v) is 7.25. The van der Waals surface area contributed by atoms with Gasteiger partial charge in [-0.1, -0.05) is 18.2 Å². The number of hydrogen-bond acceptors (Lipinski definition) is 4. The van der Waals surface area contributed by atoms with Crippen molar-refractivity contribution in [1.82, 2.24) is 4.90 Å². The van der Waals surface area contributed by atoms with Crippen LogP contribution in [0.15, 0.2) is 42.5 Å². The highest BCUT2D eigenvalue weighted by Crippen LogP contribution is 2.27. The summed E-state index contributed by atoms with van der Waals surface area (Å²) < 4.78 is 10.6. The maximum absolute atomic E-state index is 12.6. The Balaban J connectivity index is 1.53. The molecule has 0 aromatic heterocycles. The summed E-state index contributed by atoms with van der Waals surface area (Å²) in [4.78, 5) is 28.0. The number of likely N-dealkylation sites (N-methyl/N-ethyl adjacent to an activating group) is 1. The van der Waals surface area contributed by atoms with Gasteiger partial charge in [0.25, 0.3) is 0 Å². The van der Waals surface area contributed by atoms with Crippen LogP contribution in [-0.4, -0.2) is 51.1 Å². The van der Waals surface area contributed by atoms with Crippen LogP contribution < -0.4 is 14.4 Å². The van der Waals surface area contributed by atoms with Crippen molar-refractivity contribution in [3.05, 3.63) is 53.6 Å². The van der Waals surface area contributed by atoms with Crippen LogP contribution in [0.3, 0.4) is 0 Å². The molecule has 6 heteroatoms. The Morgan fingerprint density at radius 2 is 1.72 bits per heavy atom. The zero-order valence-electron chi connectivity index (χ0n) is 17.3. The third-order valence-corrected chi connectivity index (χ3v) is 5.29. The molecule has 1 aliphatic rings. The SMILES string of the molecule is COc1ccc(CCN(C)C(=O)Cc2ccc(N3CCCC3=O)cc2)cc1OC. The number of benzene rings is 2. The third kappa shape index (κ3) is 5.08. The van der Waals surface area contributed by atoms with E-state index in [-0.39, 0.29) is 11.8 Å². The highest BCUT2D eigenvalue weighted by Gasteiger charge is 2.21. The monoisotopic (exact) mass is 396 g/mol. The summed E-state index contributed by atoms with van der Waals surface area (Å²) in [6.07, 6.45) is 2.60. The fourth-order valence-electron chi connectivity index (χ4n) is 3.48. The lowest BCUT2D eigenvalue weighted by Crippen LogP contribution is -2.30. The molecular formula is C23H28N2O4. The van der Waals surface area contributed by atoms with Gasteiger partial charge in [-0.05, 0) is 48.2 Å². The lowest BCUT2D eigenvalue weighted by atomic mass is 10.1. The van der Waals surface area contributed by atoms with E-state index in [9.17, 15) is 9.59 Å². The maximum Gasteiger partial charge on any atom is 0.227 e. The molecule has 1 saturated heterocycles. The van der Waals surface area contributed by atoms with Crippen LogP contribution in [0.1, 0.15) is 24.0 Å². The summed E-state index contributed by atoms with van der Waals surface area (Å²) in [5, 5.41) is 0. The molecule has 2 aromatic carbocycles. The molecule has 0 bridgehead atoms. The molecule has 1 heterocycles. The van der Waals surface area contributed by atoms with Crippen molar-refractivity contribution in [2.24, 2.45) is 0 Å². The number of methoxy groups -OCH3 is 2. The second kappa shape index (κ2) is 9.45. The van der Waals surface area contributed by atoms with E-state index < -0.39 is 0 Å². The number of nitrogens with zero attached hydrogens (tertiary/aromatic N) is 2. The van der Waals surface area contributed by atoms with Gasteiger partial charge in [-0.3, -0.25) is 9.59 Å². The summed E-state index contributed by atoms with van der Waals surface area (Å²) in [7, 11) is 5.04. The number of carbonyl (C=O) groups excluding carboxylic acids is 2. The van der Waals surface area contributed by atoms with Gasteiger partial charge in [-0.15, -0.1) is 0 Å². The Labute approximate surface area is 172 Å². The van der Waals surface area contributed by atoms with E-state index in [1.165, 1.54) is 0 Å². The molecule has 29 heavy (non-hydrogen) atoms. The Bertz CT molecular complexity index is 864. The second-order valence-electron chi connectivity index (χ2n) is 7.25. The minimum Gasteiger partial charge on any atom is -0.493 e. The molecule has 0 atom stereocenters. The van der Waals surface area contributed by atoms with Gasteiger partial charge in [0.2, 0.25) is 11.8 Å². The van der Waals surface area contributed by atoms with Crippen LogP contribution in [-0.2, 0) is 22.4 Å². The van der Waals surface area contributed by atoms with E-state index in [0.29, 0.717) is 30.9 Å². The van der Waals surface area contributed by atoms with Crippen LogP contribution in [0.25, 0.3) is 0 Å². The van der Waals surface area contributed by atoms with Gasteiger partial charge in [-0.2, -0.15) is 0 Å². The lowest BCUT2D eigenvalue weighted by Gasteiger charge is -2.19. The molecule has 0 N–H and O–H groups in total. The lowest BCUT2D eigenvalue weighted by molar-refractivity contribution is -0.129. The van der Waals surface area contributed by atoms with Gasteiger partial charge < -0.3 is 19.3 Å². The minimum absolute atomic E-state index is 0.0653. The first-order chi connectivity index (χ1) is 14.0. The maximum atomic E-state index is 12.6. The molecule has 0 spiro atoms. The average Bonchev–Trinajstić information content (AvgIpc) is 3.18. The van der Waals surface area contributed by atoms with E-state index in [2.05, 4.69) is 0 Å². The van der Waals surface area contributed by atoms with E-state index in [1.54, 1.807) is 24.0 Å². The van der Waals surface area contributed by atoms with Crippen molar-refractivity contribution < 1.29 is 19.1 Å². The summed E-state index contributed by atoms with van der Waals surface area (Å²) >= 11 is 0. The number of anilines is 1. The van der Waals surface area contributed by atoms with Gasteiger partial charge in [-0.25, -0.2) is 0 Å². The van der Waals surface area contributed by atoms with Gasteiger partial charge >= 0.3 is 0 Å².